The van der Waals surface area contributed by atoms with Gasteiger partial charge in [-0.3, -0.25) is 0 Å². The van der Waals surface area contributed by atoms with Gasteiger partial charge in [0, 0.05) is 6.61 Å². The Morgan fingerprint density at radius 2 is 2.33 bits per heavy atom. The summed E-state index contributed by atoms with van der Waals surface area (Å²) in [5.74, 6) is 0.539. The van der Waals surface area contributed by atoms with Gasteiger partial charge in [0.1, 0.15) is 0 Å². The van der Waals surface area contributed by atoms with E-state index in [-0.39, 0.29) is 12.2 Å². The summed E-state index contributed by atoms with van der Waals surface area (Å²) >= 11 is 0. The molecule has 0 saturated carbocycles. The fraction of sp³-hybridized carbons (Fsp3) is 1.00. The minimum absolute atomic E-state index is 0.108. The third-order valence-electron chi connectivity index (χ3n) is 2.68. The monoisotopic (exact) mass is 172 g/mol. The summed E-state index contributed by atoms with van der Waals surface area (Å²) in [7, 11) is 0. The SMILES string of the molecule is CCCCC(O)C1OCCC1C. The van der Waals surface area contributed by atoms with E-state index in [9.17, 15) is 5.11 Å². The zero-order chi connectivity index (χ0) is 8.97. The Hall–Kier alpha value is -0.0800. The standard InChI is InChI=1S/C10H20O2/c1-3-4-5-9(11)10-8(2)6-7-12-10/h8-11H,3-7H2,1-2H3. The quantitative estimate of drug-likeness (QED) is 0.702. The van der Waals surface area contributed by atoms with Crippen LogP contribution in [0.2, 0.25) is 0 Å². The van der Waals surface area contributed by atoms with Crippen molar-refractivity contribution in [3.05, 3.63) is 0 Å². The normalized spacial score (nSPS) is 32.2. The lowest BCUT2D eigenvalue weighted by Gasteiger charge is -2.20. The van der Waals surface area contributed by atoms with Crippen molar-refractivity contribution in [2.45, 2.75) is 51.7 Å². The summed E-state index contributed by atoms with van der Waals surface area (Å²) in [6.07, 6.45) is 4.13. The van der Waals surface area contributed by atoms with E-state index >= 15 is 0 Å². The maximum absolute atomic E-state index is 9.73. The molecule has 2 heteroatoms. The summed E-state index contributed by atoms with van der Waals surface area (Å²) in [6.45, 7) is 5.13. The Morgan fingerprint density at radius 3 is 2.83 bits per heavy atom. The van der Waals surface area contributed by atoms with Gasteiger partial charge in [0.05, 0.1) is 12.2 Å². The van der Waals surface area contributed by atoms with Crippen LogP contribution in [0.5, 0.6) is 0 Å². The van der Waals surface area contributed by atoms with Gasteiger partial charge < -0.3 is 9.84 Å². The van der Waals surface area contributed by atoms with E-state index in [1.165, 1.54) is 0 Å². The van der Waals surface area contributed by atoms with Crippen molar-refractivity contribution in [2.75, 3.05) is 6.61 Å². The molecule has 72 valence electrons. The van der Waals surface area contributed by atoms with Crippen molar-refractivity contribution in [3.8, 4) is 0 Å². The Balaban J connectivity index is 2.25. The fourth-order valence-corrected chi connectivity index (χ4v) is 1.79. The molecule has 1 aliphatic rings. The topological polar surface area (TPSA) is 29.5 Å². The Labute approximate surface area is 74.9 Å². The van der Waals surface area contributed by atoms with Gasteiger partial charge in [0.2, 0.25) is 0 Å². The first-order valence-corrected chi connectivity index (χ1v) is 5.05. The average Bonchev–Trinajstić information content (AvgIpc) is 2.47. The van der Waals surface area contributed by atoms with Gasteiger partial charge >= 0.3 is 0 Å². The number of hydrogen-bond acceptors (Lipinski definition) is 2. The highest BCUT2D eigenvalue weighted by atomic mass is 16.5. The van der Waals surface area contributed by atoms with Crippen LogP contribution in [0.3, 0.4) is 0 Å². The molecule has 0 spiro atoms. The van der Waals surface area contributed by atoms with Gasteiger partial charge in [-0.1, -0.05) is 26.7 Å². The van der Waals surface area contributed by atoms with Crippen molar-refractivity contribution in [1.29, 1.82) is 0 Å². The third-order valence-corrected chi connectivity index (χ3v) is 2.68. The van der Waals surface area contributed by atoms with E-state index in [1.54, 1.807) is 0 Å². The average molecular weight is 172 g/mol. The second-order valence-electron chi connectivity index (χ2n) is 3.81. The van der Waals surface area contributed by atoms with E-state index in [0.29, 0.717) is 5.92 Å². The van der Waals surface area contributed by atoms with E-state index in [2.05, 4.69) is 13.8 Å². The molecular formula is C10H20O2. The molecule has 1 heterocycles. The van der Waals surface area contributed by atoms with Crippen LogP contribution in [-0.2, 0) is 4.74 Å². The molecule has 0 amide bonds. The van der Waals surface area contributed by atoms with E-state index in [0.717, 1.165) is 32.3 Å². The molecule has 0 radical (unpaired) electrons. The maximum Gasteiger partial charge on any atom is 0.0860 e. The lowest BCUT2D eigenvalue weighted by atomic mass is 9.96. The molecule has 0 aromatic carbocycles. The Morgan fingerprint density at radius 1 is 1.58 bits per heavy atom. The first-order chi connectivity index (χ1) is 5.75. The molecule has 0 aromatic rings. The minimum atomic E-state index is -0.234. The van der Waals surface area contributed by atoms with Gasteiger partial charge in [-0.25, -0.2) is 0 Å². The molecule has 3 unspecified atom stereocenters. The van der Waals surface area contributed by atoms with Crippen LogP contribution in [0.15, 0.2) is 0 Å². The van der Waals surface area contributed by atoms with Crippen LogP contribution in [0, 0.1) is 5.92 Å². The molecule has 3 atom stereocenters. The van der Waals surface area contributed by atoms with Crippen molar-refractivity contribution in [1.82, 2.24) is 0 Å². The van der Waals surface area contributed by atoms with Crippen molar-refractivity contribution >= 4 is 0 Å². The highest BCUT2D eigenvalue weighted by molar-refractivity contribution is 4.79. The molecule has 2 nitrogen and oxygen atoms in total. The van der Waals surface area contributed by atoms with E-state index in [1.807, 2.05) is 0 Å². The number of aliphatic hydroxyl groups excluding tert-OH is 1. The molecule has 1 rings (SSSR count). The van der Waals surface area contributed by atoms with Crippen LogP contribution in [-0.4, -0.2) is 23.9 Å². The second kappa shape index (κ2) is 4.83. The van der Waals surface area contributed by atoms with Crippen molar-refractivity contribution in [3.63, 3.8) is 0 Å². The second-order valence-corrected chi connectivity index (χ2v) is 3.81. The largest absolute Gasteiger partial charge is 0.390 e. The lowest BCUT2D eigenvalue weighted by molar-refractivity contribution is -0.0208. The molecule has 1 aliphatic heterocycles. The smallest absolute Gasteiger partial charge is 0.0860 e. The highest BCUT2D eigenvalue weighted by Crippen LogP contribution is 2.24. The van der Waals surface area contributed by atoms with Gasteiger partial charge in [-0.2, -0.15) is 0 Å². The van der Waals surface area contributed by atoms with Crippen molar-refractivity contribution < 1.29 is 9.84 Å². The van der Waals surface area contributed by atoms with Gasteiger partial charge in [0.15, 0.2) is 0 Å². The zero-order valence-corrected chi connectivity index (χ0v) is 8.12. The van der Waals surface area contributed by atoms with Crippen LogP contribution in [0.25, 0.3) is 0 Å². The summed E-state index contributed by atoms with van der Waals surface area (Å²) in [4.78, 5) is 0. The maximum atomic E-state index is 9.73. The molecular weight excluding hydrogens is 152 g/mol. The van der Waals surface area contributed by atoms with E-state index in [4.69, 9.17) is 4.74 Å². The lowest BCUT2D eigenvalue weighted by Crippen LogP contribution is -2.29. The molecule has 1 N–H and O–H groups in total. The van der Waals surface area contributed by atoms with Crippen LogP contribution < -0.4 is 0 Å². The number of ether oxygens (including phenoxy) is 1. The van der Waals surface area contributed by atoms with Crippen LogP contribution >= 0.6 is 0 Å². The first kappa shape index (κ1) is 10.0. The summed E-state index contributed by atoms with van der Waals surface area (Å²) in [6, 6.07) is 0. The van der Waals surface area contributed by atoms with Gasteiger partial charge in [0.25, 0.3) is 0 Å². The predicted molar refractivity (Wildman–Crippen MR) is 49.1 cm³/mol. The van der Waals surface area contributed by atoms with Crippen LogP contribution in [0.1, 0.15) is 39.5 Å². The van der Waals surface area contributed by atoms with Gasteiger partial charge in [-0.15, -0.1) is 0 Å². The zero-order valence-electron chi connectivity index (χ0n) is 8.12. The summed E-state index contributed by atoms with van der Waals surface area (Å²) in [5.41, 5.74) is 0. The predicted octanol–water partition coefficient (Wildman–Crippen LogP) is 1.96. The summed E-state index contributed by atoms with van der Waals surface area (Å²) < 4.78 is 5.47. The number of rotatable bonds is 4. The Bertz CT molecular complexity index is 125. The van der Waals surface area contributed by atoms with Crippen molar-refractivity contribution in [2.24, 2.45) is 5.92 Å². The molecule has 1 fully saturated rings. The Kier molecular flexibility index (Phi) is 4.02. The number of aliphatic hydroxyl groups is 1. The highest BCUT2D eigenvalue weighted by Gasteiger charge is 2.30. The minimum Gasteiger partial charge on any atom is -0.390 e. The number of hydrogen-bond donors (Lipinski definition) is 1. The number of unbranched alkanes of at least 4 members (excludes halogenated alkanes) is 1. The molecule has 0 aromatic heterocycles. The molecule has 0 aliphatic carbocycles. The third kappa shape index (κ3) is 2.46. The molecule has 0 bridgehead atoms. The summed E-state index contributed by atoms with van der Waals surface area (Å²) in [5, 5.41) is 9.73. The molecule has 1 saturated heterocycles. The fourth-order valence-electron chi connectivity index (χ4n) is 1.79. The van der Waals surface area contributed by atoms with Gasteiger partial charge in [-0.05, 0) is 18.8 Å². The first-order valence-electron chi connectivity index (χ1n) is 5.05. The van der Waals surface area contributed by atoms with Crippen LogP contribution in [0.4, 0.5) is 0 Å². The van der Waals surface area contributed by atoms with E-state index < -0.39 is 0 Å². The molecule has 12 heavy (non-hydrogen) atoms.